The van der Waals surface area contributed by atoms with Crippen LogP contribution in [0.4, 0.5) is 0 Å². The van der Waals surface area contributed by atoms with Gasteiger partial charge in [0.05, 0.1) is 0 Å². The lowest BCUT2D eigenvalue weighted by Crippen LogP contribution is -2.63. The van der Waals surface area contributed by atoms with Crippen molar-refractivity contribution >= 4 is 0 Å². The second-order valence-corrected chi connectivity index (χ2v) is 4.19. The molecule has 10 heavy (non-hydrogen) atoms. The molecule has 1 aliphatic rings. The minimum Gasteiger partial charge on any atom is -0.324 e. The van der Waals surface area contributed by atoms with Gasteiger partial charge >= 0.3 is 0 Å². The molecular weight excluding hydrogens is 122 g/mol. The third kappa shape index (κ3) is 0.800. The van der Waals surface area contributed by atoms with Gasteiger partial charge in [-0.05, 0) is 24.2 Å². The maximum absolute atomic E-state index is 6.23. The van der Waals surface area contributed by atoms with E-state index in [2.05, 4.69) is 27.7 Å². The van der Waals surface area contributed by atoms with Crippen LogP contribution in [-0.4, -0.2) is 5.54 Å². The number of hydrogen-bond acceptors (Lipinski definition) is 1. The van der Waals surface area contributed by atoms with Crippen molar-refractivity contribution in [2.45, 2.75) is 39.7 Å². The Hall–Kier alpha value is -0.0400. The molecule has 0 aromatic rings. The molecule has 1 fully saturated rings. The maximum Gasteiger partial charge on any atom is 0.0229 e. The Morgan fingerprint density at radius 3 is 1.80 bits per heavy atom. The van der Waals surface area contributed by atoms with E-state index >= 15 is 0 Å². The molecule has 0 heterocycles. The van der Waals surface area contributed by atoms with Crippen LogP contribution < -0.4 is 5.73 Å². The van der Waals surface area contributed by atoms with Crippen molar-refractivity contribution in [1.82, 2.24) is 0 Å². The van der Waals surface area contributed by atoms with Gasteiger partial charge in [0.25, 0.3) is 0 Å². The predicted molar refractivity (Wildman–Crippen MR) is 44.7 cm³/mol. The van der Waals surface area contributed by atoms with Gasteiger partial charge in [0.2, 0.25) is 0 Å². The van der Waals surface area contributed by atoms with Gasteiger partial charge in [-0.3, -0.25) is 0 Å². The largest absolute Gasteiger partial charge is 0.324 e. The fourth-order valence-electron chi connectivity index (χ4n) is 2.40. The summed E-state index contributed by atoms with van der Waals surface area (Å²) in [6, 6.07) is 0. The summed E-state index contributed by atoms with van der Waals surface area (Å²) in [6.45, 7) is 8.98. The highest BCUT2D eigenvalue weighted by Crippen LogP contribution is 2.46. The summed E-state index contributed by atoms with van der Waals surface area (Å²) in [7, 11) is 0. The van der Waals surface area contributed by atoms with Crippen molar-refractivity contribution in [1.29, 1.82) is 0 Å². The molecule has 1 saturated carbocycles. The molecule has 0 aliphatic heterocycles. The lowest BCUT2D eigenvalue weighted by molar-refractivity contribution is 0.0169. The molecule has 0 amide bonds. The smallest absolute Gasteiger partial charge is 0.0229 e. The summed E-state index contributed by atoms with van der Waals surface area (Å²) in [6.07, 6.45) is 1.31. The molecule has 0 saturated heterocycles. The third-order valence-electron chi connectivity index (χ3n) is 3.41. The number of hydrogen-bond donors (Lipinski definition) is 1. The van der Waals surface area contributed by atoms with Gasteiger partial charge in [-0.2, -0.15) is 0 Å². The fraction of sp³-hybridized carbons (Fsp3) is 1.00. The Morgan fingerprint density at radius 1 is 1.30 bits per heavy atom. The van der Waals surface area contributed by atoms with E-state index in [1.165, 1.54) is 6.42 Å². The summed E-state index contributed by atoms with van der Waals surface area (Å²) in [5.74, 6) is 2.08. The summed E-state index contributed by atoms with van der Waals surface area (Å²) in [5, 5.41) is 0. The molecule has 1 rings (SSSR count). The van der Waals surface area contributed by atoms with Crippen LogP contribution in [0.1, 0.15) is 34.1 Å². The highest BCUT2D eigenvalue weighted by Gasteiger charge is 2.48. The van der Waals surface area contributed by atoms with Crippen molar-refractivity contribution in [3.05, 3.63) is 0 Å². The topological polar surface area (TPSA) is 26.0 Å². The van der Waals surface area contributed by atoms with Crippen LogP contribution in [0.5, 0.6) is 0 Å². The number of rotatable bonds is 1. The summed E-state index contributed by atoms with van der Waals surface area (Å²) >= 11 is 0. The second kappa shape index (κ2) is 2.23. The molecule has 2 unspecified atom stereocenters. The third-order valence-corrected chi connectivity index (χ3v) is 3.41. The van der Waals surface area contributed by atoms with Crippen LogP contribution in [0.15, 0.2) is 0 Å². The monoisotopic (exact) mass is 141 g/mol. The van der Waals surface area contributed by atoms with E-state index in [-0.39, 0.29) is 5.54 Å². The minimum atomic E-state index is 0.139. The predicted octanol–water partition coefficient (Wildman–Crippen LogP) is 2.02. The van der Waals surface area contributed by atoms with Crippen LogP contribution in [0, 0.1) is 17.8 Å². The summed E-state index contributed by atoms with van der Waals surface area (Å²) in [4.78, 5) is 0. The first-order valence-corrected chi connectivity index (χ1v) is 4.28. The Morgan fingerprint density at radius 2 is 1.70 bits per heavy atom. The molecule has 2 atom stereocenters. The molecule has 0 radical (unpaired) electrons. The Labute approximate surface area is 64.0 Å². The molecule has 1 aliphatic carbocycles. The molecule has 2 N–H and O–H groups in total. The van der Waals surface area contributed by atoms with Gasteiger partial charge in [-0.15, -0.1) is 0 Å². The van der Waals surface area contributed by atoms with Crippen LogP contribution >= 0.6 is 0 Å². The van der Waals surface area contributed by atoms with Gasteiger partial charge in [0, 0.05) is 5.54 Å². The van der Waals surface area contributed by atoms with E-state index in [1.54, 1.807) is 0 Å². The molecule has 0 aromatic carbocycles. The quantitative estimate of drug-likeness (QED) is 0.594. The van der Waals surface area contributed by atoms with E-state index in [0.717, 1.165) is 11.8 Å². The lowest BCUT2D eigenvalue weighted by Gasteiger charge is -2.54. The van der Waals surface area contributed by atoms with Crippen molar-refractivity contribution in [2.75, 3.05) is 0 Å². The van der Waals surface area contributed by atoms with Gasteiger partial charge in [-0.25, -0.2) is 0 Å². The molecule has 60 valence electrons. The lowest BCUT2D eigenvalue weighted by atomic mass is 9.56. The normalized spacial score (nSPS) is 47.4. The van der Waals surface area contributed by atoms with Crippen molar-refractivity contribution in [2.24, 2.45) is 23.5 Å². The summed E-state index contributed by atoms with van der Waals surface area (Å²) < 4.78 is 0. The minimum absolute atomic E-state index is 0.139. The molecule has 0 aromatic heterocycles. The highest BCUT2D eigenvalue weighted by atomic mass is 14.8. The molecule has 0 bridgehead atoms. The first-order chi connectivity index (χ1) is 4.49. The SMILES string of the molecule is CC(C)C1(N)C(C)CC1C. The van der Waals surface area contributed by atoms with Crippen LogP contribution in [0.2, 0.25) is 0 Å². The standard InChI is InChI=1S/C9H19N/c1-6(2)9(10)7(3)5-8(9)4/h6-8H,5,10H2,1-4H3. The van der Waals surface area contributed by atoms with E-state index in [1.807, 2.05) is 0 Å². The van der Waals surface area contributed by atoms with Gasteiger partial charge < -0.3 is 5.73 Å². The van der Waals surface area contributed by atoms with Crippen LogP contribution in [0.25, 0.3) is 0 Å². The Balaban J connectivity index is 2.66. The van der Waals surface area contributed by atoms with Crippen LogP contribution in [-0.2, 0) is 0 Å². The summed E-state index contributed by atoms with van der Waals surface area (Å²) in [5.41, 5.74) is 6.37. The Kier molecular flexibility index (Phi) is 1.80. The molecule has 0 spiro atoms. The van der Waals surface area contributed by atoms with E-state index in [9.17, 15) is 0 Å². The highest BCUT2D eigenvalue weighted by molar-refractivity contribution is 5.05. The van der Waals surface area contributed by atoms with E-state index in [0.29, 0.717) is 5.92 Å². The fourth-order valence-corrected chi connectivity index (χ4v) is 2.40. The van der Waals surface area contributed by atoms with E-state index < -0.39 is 0 Å². The van der Waals surface area contributed by atoms with Gasteiger partial charge in [-0.1, -0.05) is 27.7 Å². The van der Waals surface area contributed by atoms with Crippen molar-refractivity contribution < 1.29 is 0 Å². The molecule has 1 nitrogen and oxygen atoms in total. The maximum atomic E-state index is 6.23. The zero-order valence-electron chi connectivity index (χ0n) is 7.52. The average Bonchev–Trinajstić information content (AvgIpc) is 1.86. The molecule has 1 heteroatoms. The van der Waals surface area contributed by atoms with Gasteiger partial charge in [0.15, 0.2) is 0 Å². The van der Waals surface area contributed by atoms with Gasteiger partial charge in [0.1, 0.15) is 0 Å². The second-order valence-electron chi connectivity index (χ2n) is 4.19. The zero-order valence-corrected chi connectivity index (χ0v) is 7.52. The molecular formula is C9H19N. The first-order valence-electron chi connectivity index (χ1n) is 4.28. The van der Waals surface area contributed by atoms with Crippen LogP contribution in [0.3, 0.4) is 0 Å². The van der Waals surface area contributed by atoms with E-state index in [4.69, 9.17) is 5.73 Å². The first kappa shape index (κ1) is 8.06. The van der Waals surface area contributed by atoms with Crippen molar-refractivity contribution in [3.63, 3.8) is 0 Å². The Bertz CT molecular complexity index is 111. The average molecular weight is 141 g/mol. The number of nitrogens with two attached hydrogens (primary N) is 1. The zero-order chi connectivity index (χ0) is 7.94. The van der Waals surface area contributed by atoms with Crippen molar-refractivity contribution in [3.8, 4) is 0 Å².